The second-order valence-corrected chi connectivity index (χ2v) is 8.59. The molecule has 2 atom stereocenters. The number of para-hydroxylation sites is 1. The molecule has 0 radical (unpaired) electrons. The molecule has 1 aliphatic rings. The summed E-state index contributed by atoms with van der Waals surface area (Å²) in [6.45, 7) is 1.79. The molecule has 0 aromatic heterocycles. The molecule has 1 heterocycles. The fraction of sp³-hybridized carbons (Fsp3) is 0.235. The summed E-state index contributed by atoms with van der Waals surface area (Å²) in [7, 11) is -3.75. The first-order valence-corrected chi connectivity index (χ1v) is 9.74. The number of sulfonamides is 1. The molecule has 0 saturated carbocycles. The molecule has 24 heavy (non-hydrogen) atoms. The van der Waals surface area contributed by atoms with Crippen molar-refractivity contribution in [2.75, 3.05) is 4.31 Å². The lowest BCUT2D eigenvalue weighted by Crippen LogP contribution is -2.45. The fourth-order valence-corrected chi connectivity index (χ4v) is 5.45. The van der Waals surface area contributed by atoms with Crippen LogP contribution in [-0.2, 0) is 14.8 Å². The smallest absolute Gasteiger partial charge is 0.264 e. The van der Waals surface area contributed by atoms with E-state index in [1.54, 1.807) is 55.5 Å². The highest BCUT2D eigenvalue weighted by molar-refractivity contribution is 9.10. The molecule has 0 aliphatic carbocycles. The summed E-state index contributed by atoms with van der Waals surface area (Å²) in [4.78, 5) is 12.0. The lowest BCUT2D eigenvalue weighted by molar-refractivity contribution is -0.119. The van der Waals surface area contributed by atoms with Gasteiger partial charge >= 0.3 is 0 Å². The maximum Gasteiger partial charge on any atom is 0.264 e. The van der Waals surface area contributed by atoms with Crippen molar-refractivity contribution < 1.29 is 13.2 Å². The van der Waals surface area contributed by atoms with Crippen molar-refractivity contribution in [3.63, 3.8) is 0 Å². The van der Waals surface area contributed by atoms with Gasteiger partial charge in [0.25, 0.3) is 10.0 Å². The molecule has 0 spiro atoms. The topological polar surface area (TPSA) is 80.5 Å². The van der Waals surface area contributed by atoms with Gasteiger partial charge in [-0.05, 0) is 43.2 Å². The van der Waals surface area contributed by atoms with Crippen LogP contribution < -0.4 is 10.0 Å². The summed E-state index contributed by atoms with van der Waals surface area (Å²) in [6.07, 6.45) is 0.361. The van der Waals surface area contributed by atoms with Gasteiger partial charge in [-0.3, -0.25) is 9.10 Å². The van der Waals surface area contributed by atoms with Crippen molar-refractivity contribution in [2.24, 2.45) is 5.73 Å². The average Bonchev–Trinajstić information content (AvgIpc) is 2.53. The summed E-state index contributed by atoms with van der Waals surface area (Å²) < 4.78 is 28.4. The molecule has 126 valence electrons. The summed E-state index contributed by atoms with van der Waals surface area (Å²) in [5.41, 5.74) is 6.68. The first-order valence-electron chi connectivity index (χ1n) is 7.50. The first kappa shape index (κ1) is 17.0. The van der Waals surface area contributed by atoms with Crippen LogP contribution in [0.25, 0.3) is 0 Å². The fourth-order valence-electron chi connectivity index (χ4n) is 3.16. The number of primary amides is 1. The van der Waals surface area contributed by atoms with E-state index < -0.39 is 21.8 Å². The Morgan fingerprint density at radius 1 is 1.21 bits per heavy atom. The van der Waals surface area contributed by atoms with Crippen LogP contribution in [0.3, 0.4) is 0 Å². The molecule has 1 aliphatic heterocycles. The highest BCUT2D eigenvalue weighted by Crippen LogP contribution is 2.41. The van der Waals surface area contributed by atoms with Crippen molar-refractivity contribution in [1.29, 1.82) is 0 Å². The van der Waals surface area contributed by atoms with Gasteiger partial charge in [-0.2, -0.15) is 0 Å². The Labute approximate surface area is 149 Å². The lowest BCUT2D eigenvalue weighted by Gasteiger charge is -2.38. The Bertz CT molecular complexity index is 898. The van der Waals surface area contributed by atoms with Crippen molar-refractivity contribution in [1.82, 2.24) is 0 Å². The molecule has 0 fully saturated rings. The number of carbonyl (C=O) groups excluding carboxylic acids is 1. The first-order chi connectivity index (χ1) is 11.3. The maximum atomic E-state index is 13.2. The Morgan fingerprint density at radius 2 is 1.92 bits per heavy atom. The average molecular weight is 409 g/mol. The van der Waals surface area contributed by atoms with Gasteiger partial charge in [0.15, 0.2) is 0 Å². The highest BCUT2D eigenvalue weighted by Gasteiger charge is 2.39. The van der Waals surface area contributed by atoms with E-state index in [2.05, 4.69) is 15.9 Å². The molecule has 2 aromatic carbocycles. The van der Waals surface area contributed by atoms with E-state index in [9.17, 15) is 13.2 Å². The minimum Gasteiger partial charge on any atom is -0.369 e. The van der Waals surface area contributed by atoms with Crippen LogP contribution in [0.15, 0.2) is 57.9 Å². The van der Waals surface area contributed by atoms with Gasteiger partial charge in [0.1, 0.15) is 0 Å². The number of halogens is 1. The Hall–Kier alpha value is -1.86. The molecule has 0 saturated heterocycles. The number of hydrogen-bond acceptors (Lipinski definition) is 3. The van der Waals surface area contributed by atoms with E-state index in [4.69, 9.17) is 5.73 Å². The molecule has 0 bridgehead atoms. The van der Waals surface area contributed by atoms with Crippen LogP contribution in [0, 0.1) is 0 Å². The van der Waals surface area contributed by atoms with E-state index in [0.29, 0.717) is 22.1 Å². The Morgan fingerprint density at radius 3 is 2.58 bits per heavy atom. The SMILES string of the molecule is CC1CC(C(N)=O)c2ccccc2N1S(=O)(=O)c1cccc(Br)c1. The van der Waals surface area contributed by atoms with Crippen molar-refractivity contribution in [3.8, 4) is 0 Å². The molecule has 2 aromatic rings. The minimum atomic E-state index is -3.75. The molecule has 3 rings (SSSR count). The standard InChI is InChI=1S/C17H17BrN2O3S/c1-11-9-15(17(19)21)14-7-2-3-8-16(14)20(11)24(22,23)13-6-4-5-12(18)10-13/h2-8,10-11,15H,9H2,1H3,(H2,19,21). The van der Waals surface area contributed by atoms with E-state index >= 15 is 0 Å². The molecule has 7 heteroatoms. The van der Waals surface area contributed by atoms with Gasteiger partial charge in [-0.15, -0.1) is 0 Å². The van der Waals surface area contributed by atoms with Crippen molar-refractivity contribution >= 4 is 37.5 Å². The predicted molar refractivity (Wildman–Crippen MR) is 96.3 cm³/mol. The molecular weight excluding hydrogens is 392 g/mol. The quantitative estimate of drug-likeness (QED) is 0.847. The van der Waals surface area contributed by atoms with Gasteiger partial charge in [0, 0.05) is 10.5 Å². The third-order valence-corrected chi connectivity index (χ3v) is 6.64. The zero-order valence-electron chi connectivity index (χ0n) is 13.0. The Balaban J connectivity index is 2.17. The molecule has 5 nitrogen and oxygen atoms in total. The van der Waals surface area contributed by atoms with Gasteiger partial charge in [-0.1, -0.05) is 40.2 Å². The van der Waals surface area contributed by atoms with Crippen LogP contribution in [0.2, 0.25) is 0 Å². The Kier molecular flexibility index (Phi) is 4.40. The van der Waals surface area contributed by atoms with Gasteiger partial charge in [-0.25, -0.2) is 8.42 Å². The maximum absolute atomic E-state index is 13.2. The van der Waals surface area contributed by atoms with Gasteiger partial charge < -0.3 is 5.73 Å². The number of hydrogen-bond donors (Lipinski definition) is 1. The number of benzene rings is 2. The molecule has 2 N–H and O–H groups in total. The van der Waals surface area contributed by atoms with Gasteiger partial charge in [0.2, 0.25) is 5.91 Å². The second-order valence-electron chi connectivity index (χ2n) is 5.86. The van der Waals surface area contributed by atoms with Crippen LogP contribution >= 0.6 is 15.9 Å². The number of carbonyl (C=O) groups is 1. The van der Waals surface area contributed by atoms with Crippen LogP contribution in [0.5, 0.6) is 0 Å². The summed E-state index contributed by atoms with van der Waals surface area (Å²) in [5, 5.41) is 0. The third kappa shape index (κ3) is 2.82. The third-order valence-electron chi connectivity index (χ3n) is 4.22. The zero-order valence-corrected chi connectivity index (χ0v) is 15.4. The summed E-state index contributed by atoms with van der Waals surface area (Å²) >= 11 is 3.31. The van der Waals surface area contributed by atoms with Crippen molar-refractivity contribution in [2.45, 2.75) is 30.2 Å². The predicted octanol–water partition coefficient (Wildman–Crippen LogP) is 3.01. The minimum absolute atomic E-state index is 0.205. The van der Waals surface area contributed by atoms with Crippen LogP contribution in [-0.4, -0.2) is 20.4 Å². The number of nitrogens with zero attached hydrogens (tertiary/aromatic N) is 1. The number of fused-ring (bicyclic) bond motifs is 1. The second kappa shape index (κ2) is 6.22. The number of nitrogens with two attached hydrogens (primary N) is 1. The van der Waals surface area contributed by atoms with E-state index in [1.807, 2.05) is 0 Å². The van der Waals surface area contributed by atoms with E-state index in [-0.39, 0.29) is 10.9 Å². The van der Waals surface area contributed by atoms with Crippen LogP contribution in [0.4, 0.5) is 5.69 Å². The van der Waals surface area contributed by atoms with E-state index in [0.717, 1.165) is 0 Å². The highest BCUT2D eigenvalue weighted by atomic mass is 79.9. The van der Waals surface area contributed by atoms with E-state index in [1.165, 1.54) is 4.31 Å². The number of amides is 1. The normalized spacial score (nSPS) is 20.5. The number of anilines is 1. The molecule has 2 unspecified atom stereocenters. The number of rotatable bonds is 3. The summed E-state index contributed by atoms with van der Waals surface area (Å²) in [5.74, 6) is -0.918. The van der Waals surface area contributed by atoms with Crippen molar-refractivity contribution in [3.05, 3.63) is 58.6 Å². The summed E-state index contributed by atoms with van der Waals surface area (Å²) in [6, 6.07) is 13.3. The monoisotopic (exact) mass is 408 g/mol. The largest absolute Gasteiger partial charge is 0.369 e. The van der Waals surface area contributed by atoms with Crippen LogP contribution in [0.1, 0.15) is 24.8 Å². The lowest BCUT2D eigenvalue weighted by atomic mass is 9.87. The molecule has 1 amide bonds. The van der Waals surface area contributed by atoms with Gasteiger partial charge in [0.05, 0.1) is 16.5 Å². The molecular formula is C17H17BrN2O3S. The zero-order chi connectivity index (χ0) is 17.5.